The van der Waals surface area contributed by atoms with Crippen molar-refractivity contribution in [2.45, 2.75) is 39.7 Å². The van der Waals surface area contributed by atoms with Gasteiger partial charge in [-0.05, 0) is 31.3 Å². The van der Waals surface area contributed by atoms with Crippen molar-refractivity contribution >= 4 is 5.97 Å². The second-order valence-corrected chi connectivity index (χ2v) is 4.85. The lowest BCUT2D eigenvalue weighted by Crippen LogP contribution is -2.47. The highest BCUT2D eigenvalue weighted by Gasteiger charge is 2.37. The maximum Gasteiger partial charge on any atom is 0.321 e. The first kappa shape index (κ1) is 10.5. The van der Waals surface area contributed by atoms with Gasteiger partial charge in [-0.2, -0.15) is 0 Å². The molecule has 76 valence electrons. The van der Waals surface area contributed by atoms with Gasteiger partial charge in [0.15, 0.2) is 0 Å². The lowest BCUT2D eigenvalue weighted by molar-refractivity contribution is -0.147. The first-order valence-corrected chi connectivity index (χ1v) is 4.90. The van der Waals surface area contributed by atoms with Crippen LogP contribution in [0.25, 0.3) is 0 Å². The van der Waals surface area contributed by atoms with Crippen LogP contribution >= 0.6 is 0 Å². The van der Waals surface area contributed by atoms with Crippen LogP contribution < -0.4 is 0 Å². The molecule has 13 heavy (non-hydrogen) atoms. The fraction of sp³-hybridized carbons (Fsp3) is 0.900. The zero-order chi connectivity index (χ0) is 10.1. The second kappa shape index (κ2) is 3.66. The summed E-state index contributed by atoms with van der Waals surface area (Å²) in [6.07, 6.45) is 2.28. The molecule has 1 fully saturated rings. The molecule has 1 N–H and O–H groups in total. The summed E-state index contributed by atoms with van der Waals surface area (Å²) in [6, 6.07) is -0.324. The Morgan fingerprint density at radius 3 is 2.08 bits per heavy atom. The molecule has 0 aliphatic carbocycles. The molecule has 1 aliphatic heterocycles. The van der Waals surface area contributed by atoms with E-state index in [-0.39, 0.29) is 11.5 Å². The maximum absolute atomic E-state index is 11.1. The van der Waals surface area contributed by atoms with Crippen molar-refractivity contribution in [1.29, 1.82) is 0 Å². The smallest absolute Gasteiger partial charge is 0.321 e. The highest BCUT2D eigenvalue weighted by atomic mass is 16.4. The number of carboxylic acids is 1. The number of rotatable bonds is 2. The molecule has 1 rings (SSSR count). The summed E-state index contributed by atoms with van der Waals surface area (Å²) in [5, 5.41) is 9.13. The van der Waals surface area contributed by atoms with E-state index in [1.807, 2.05) is 20.8 Å². The first-order valence-electron chi connectivity index (χ1n) is 4.90. The number of aliphatic carboxylic acids is 1. The third-order valence-electron chi connectivity index (χ3n) is 2.56. The summed E-state index contributed by atoms with van der Waals surface area (Å²) in [5.41, 5.74) is -0.170. The predicted octanol–water partition coefficient (Wildman–Crippen LogP) is 1.58. The van der Waals surface area contributed by atoms with Crippen molar-refractivity contribution in [1.82, 2.24) is 4.90 Å². The van der Waals surface area contributed by atoms with E-state index in [1.165, 1.54) is 0 Å². The minimum atomic E-state index is -0.686. The van der Waals surface area contributed by atoms with E-state index in [0.29, 0.717) is 0 Å². The fourth-order valence-electron chi connectivity index (χ4n) is 2.07. The van der Waals surface area contributed by atoms with E-state index in [1.54, 1.807) is 0 Å². The minimum Gasteiger partial charge on any atom is -0.480 e. The van der Waals surface area contributed by atoms with E-state index in [4.69, 9.17) is 5.11 Å². The van der Waals surface area contributed by atoms with Crippen molar-refractivity contribution in [2.24, 2.45) is 5.41 Å². The van der Waals surface area contributed by atoms with Crippen LogP contribution in [0.15, 0.2) is 0 Å². The fourth-order valence-corrected chi connectivity index (χ4v) is 2.07. The van der Waals surface area contributed by atoms with Crippen molar-refractivity contribution in [3.05, 3.63) is 0 Å². The molecule has 0 aromatic rings. The molecule has 0 aromatic heterocycles. The number of carbonyl (C=O) groups is 1. The van der Waals surface area contributed by atoms with E-state index in [9.17, 15) is 4.79 Å². The van der Waals surface area contributed by atoms with Crippen LogP contribution in [0.1, 0.15) is 33.6 Å². The van der Waals surface area contributed by atoms with Gasteiger partial charge in [0, 0.05) is 0 Å². The molecule has 1 saturated heterocycles. The molecule has 3 heteroatoms. The van der Waals surface area contributed by atoms with Gasteiger partial charge in [0.2, 0.25) is 0 Å². The number of carboxylic acid groups (broad SMARTS) is 1. The molecule has 0 saturated carbocycles. The molecule has 0 radical (unpaired) electrons. The molecular formula is C10H19NO2. The quantitative estimate of drug-likeness (QED) is 0.710. The third kappa shape index (κ3) is 2.44. The van der Waals surface area contributed by atoms with Crippen LogP contribution in [0.5, 0.6) is 0 Å². The largest absolute Gasteiger partial charge is 0.480 e. The van der Waals surface area contributed by atoms with Crippen LogP contribution in [0.2, 0.25) is 0 Å². The third-order valence-corrected chi connectivity index (χ3v) is 2.56. The number of nitrogens with zero attached hydrogens (tertiary/aromatic N) is 1. The van der Waals surface area contributed by atoms with Gasteiger partial charge in [-0.3, -0.25) is 9.69 Å². The van der Waals surface area contributed by atoms with Gasteiger partial charge in [0.05, 0.1) is 0 Å². The predicted molar refractivity (Wildman–Crippen MR) is 51.7 cm³/mol. The zero-order valence-corrected chi connectivity index (χ0v) is 8.71. The van der Waals surface area contributed by atoms with E-state index in [2.05, 4.69) is 4.90 Å². The standard InChI is InChI=1S/C10H19NO2/c1-10(2,3)8(9(12)13)11-6-4-5-7-11/h8H,4-7H2,1-3H3,(H,12,13). The summed E-state index contributed by atoms with van der Waals surface area (Å²) in [4.78, 5) is 13.2. The van der Waals surface area contributed by atoms with Crippen LogP contribution in [-0.4, -0.2) is 35.1 Å². The zero-order valence-electron chi connectivity index (χ0n) is 8.71. The molecule has 0 bridgehead atoms. The molecule has 1 aliphatic rings. The van der Waals surface area contributed by atoms with Gasteiger partial charge < -0.3 is 5.11 Å². The Bertz CT molecular complexity index is 190. The minimum absolute atomic E-state index is 0.170. The Labute approximate surface area is 79.7 Å². The average Bonchev–Trinajstić information content (AvgIpc) is 2.34. The van der Waals surface area contributed by atoms with Crippen LogP contribution in [0.3, 0.4) is 0 Å². The molecule has 1 unspecified atom stereocenters. The Hall–Kier alpha value is -0.570. The van der Waals surface area contributed by atoms with Gasteiger partial charge in [0.1, 0.15) is 6.04 Å². The second-order valence-electron chi connectivity index (χ2n) is 4.85. The van der Waals surface area contributed by atoms with E-state index in [0.717, 1.165) is 25.9 Å². The highest BCUT2D eigenvalue weighted by Crippen LogP contribution is 2.27. The molecule has 0 amide bonds. The number of hydrogen-bond donors (Lipinski definition) is 1. The molecule has 3 nitrogen and oxygen atoms in total. The van der Waals surface area contributed by atoms with E-state index >= 15 is 0 Å². The van der Waals surface area contributed by atoms with Gasteiger partial charge in [0.25, 0.3) is 0 Å². The van der Waals surface area contributed by atoms with Crippen LogP contribution in [0, 0.1) is 5.41 Å². The number of hydrogen-bond acceptors (Lipinski definition) is 2. The Kier molecular flexibility index (Phi) is 2.96. The molecule has 1 atom stereocenters. The molecular weight excluding hydrogens is 166 g/mol. The van der Waals surface area contributed by atoms with Crippen molar-refractivity contribution < 1.29 is 9.90 Å². The lowest BCUT2D eigenvalue weighted by atomic mass is 9.86. The SMILES string of the molecule is CC(C)(C)C(C(=O)O)N1CCCC1. The van der Waals surface area contributed by atoms with Crippen molar-refractivity contribution in [3.63, 3.8) is 0 Å². The normalized spacial score (nSPS) is 21.8. The summed E-state index contributed by atoms with van der Waals surface area (Å²) in [7, 11) is 0. The Balaban J connectivity index is 2.72. The number of likely N-dealkylation sites (tertiary alicyclic amines) is 1. The van der Waals surface area contributed by atoms with Gasteiger partial charge in [-0.25, -0.2) is 0 Å². The van der Waals surface area contributed by atoms with Crippen molar-refractivity contribution in [2.75, 3.05) is 13.1 Å². The van der Waals surface area contributed by atoms with Gasteiger partial charge in [-0.15, -0.1) is 0 Å². The van der Waals surface area contributed by atoms with E-state index < -0.39 is 5.97 Å². The summed E-state index contributed by atoms with van der Waals surface area (Å²) < 4.78 is 0. The maximum atomic E-state index is 11.1. The Morgan fingerprint density at radius 2 is 1.77 bits per heavy atom. The van der Waals surface area contributed by atoms with Gasteiger partial charge in [-0.1, -0.05) is 20.8 Å². The topological polar surface area (TPSA) is 40.5 Å². The van der Waals surface area contributed by atoms with Gasteiger partial charge >= 0.3 is 5.97 Å². The molecule has 1 heterocycles. The molecule has 0 spiro atoms. The summed E-state index contributed by atoms with van der Waals surface area (Å²) in [6.45, 7) is 7.85. The molecule has 0 aromatic carbocycles. The lowest BCUT2D eigenvalue weighted by Gasteiger charge is -2.34. The van der Waals surface area contributed by atoms with Crippen molar-refractivity contribution in [3.8, 4) is 0 Å². The highest BCUT2D eigenvalue weighted by molar-refractivity contribution is 5.74. The van der Waals surface area contributed by atoms with Crippen LogP contribution in [-0.2, 0) is 4.79 Å². The monoisotopic (exact) mass is 185 g/mol. The van der Waals surface area contributed by atoms with Crippen LogP contribution in [0.4, 0.5) is 0 Å². The summed E-state index contributed by atoms with van der Waals surface area (Å²) >= 11 is 0. The summed E-state index contributed by atoms with van der Waals surface area (Å²) in [5.74, 6) is -0.686. The first-order chi connectivity index (χ1) is 5.93. The Morgan fingerprint density at radius 1 is 1.31 bits per heavy atom. The average molecular weight is 185 g/mol.